The summed E-state index contributed by atoms with van der Waals surface area (Å²) in [6.45, 7) is 0.385. The summed E-state index contributed by atoms with van der Waals surface area (Å²) in [5, 5.41) is 0. The highest BCUT2D eigenvalue weighted by molar-refractivity contribution is 14.1. The molecule has 0 fully saturated rings. The van der Waals surface area contributed by atoms with Crippen LogP contribution in [0.15, 0.2) is 21.2 Å². The zero-order valence-electron chi connectivity index (χ0n) is 8.91. The molecule has 7 heteroatoms. The average molecular weight is 410 g/mol. The molecule has 0 unspecified atom stereocenters. The molecule has 0 aliphatic heterocycles. The predicted octanol–water partition coefficient (Wildman–Crippen LogP) is 2.83. The Morgan fingerprint density at radius 2 is 2.29 bits per heavy atom. The molecular weight excluding hydrogens is 401 g/mol. The van der Waals surface area contributed by atoms with Gasteiger partial charge in [-0.1, -0.05) is 0 Å². The van der Waals surface area contributed by atoms with Crippen LogP contribution >= 0.6 is 38.5 Å². The van der Waals surface area contributed by atoms with E-state index in [1.165, 1.54) is 0 Å². The maximum absolute atomic E-state index is 5.84. The Hall–Kier alpha value is -0.670. The van der Waals surface area contributed by atoms with E-state index in [1.807, 2.05) is 0 Å². The molecule has 90 valence electrons. The Morgan fingerprint density at radius 1 is 1.53 bits per heavy atom. The van der Waals surface area contributed by atoms with Crippen LogP contribution in [0, 0.1) is 3.57 Å². The second-order valence-electron chi connectivity index (χ2n) is 3.22. The lowest BCUT2D eigenvalue weighted by Gasteiger charge is -2.07. The zero-order valence-corrected chi connectivity index (χ0v) is 12.6. The average Bonchev–Trinajstić information content (AvgIpc) is 2.71. The van der Waals surface area contributed by atoms with Crippen LogP contribution in [-0.4, -0.2) is 17.1 Å². The molecule has 0 saturated heterocycles. The first-order valence-corrected chi connectivity index (χ1v) is 6.55. The standard InChI is InChI=1S/C10H9BrIN3O2/c1-16-4-6-7(12)9(13)15-10(14-6)8-5(11)2-3-17-8/h2-3H,4H2,1H3,(H2,13,14,15). The van der Waals surface area contributed by atoms with Gasteiger partial charge in [0.05, 0.1) is 26.6 Å². The maximum atomic E-state index is 5.84. The van der Waals surface area contributed by atoms with Crippen LogP contribution in [0.4, 0.5) is 5.82 Å². The summed E-state index contributed by atoms with van der Waals surface area (Å²) in [7, 11) is 1.61. The molecule has 2 N–H and O–H groups in total. The molecule has 0 amide bonds. The minimum Gasteiger partial charge on any atom is -0.460 e. The second-order valence-corrected chi connectivity index (χ2v) is 5.16. The number of halogens is 2. The van der Waals surface area contributed by atoms with Crippen molar-refractivity contribution in [1.29, 1.82) is 0 Å². The molecule has 2 aromatic heterocycles. The third kappa shape index (κ3) is 2.61. The molecule has 0 saturated carbocycles. The smallest absolute Gasteiger partial charge is 0.199 e. The second kappa shape index (κ2) is 5.32. The molecule has 0 atom stereocenters. The molecule has 0 aromatic carbocycles. The van der Waals surface area contributed by atoms with E-state index in [2.05, 4.69) is 48.5 Å². The van der Waals surface area contributed by atoms with Crippen LogP contribution in [0.5, 0.6) is 0 Å². The summed E-state index contributed by atoms with van der Waals surface area (Å²) in [5.74, 6) is 1.43. The van der Waals surface area contributed by atoms with Crippen molar-refractivity contribution in [3.63, 3.8) is 0 Å². The van der Waals surface area contributed by atoms with Crippen LogP contribution in [-0.2, 0) is 11.3 Å². The molecule has 0 bridgehead atoms. The van der Waals surface area contributed by atoms with Crippen molar-refractivity contribution in [1.82, 2.24) is 9.97 Å². The maximum Gasteiger partial charge on any atom is 0.199 e. The van der Waals surface area contributed by atoms with E-state index < -0.39 is 0 Å². The molecule has 2 heterocycles. The lowest BCUT2D eigenvalue weighted by atomic mass is 10.3. The van der Waals surface area contributed by atoms with Gasteiger partial charge in [-0.2, -0.15) is 0 Å². The van der Waals surface area contributed by atoms with Crippen LogP contribution in [0.3, 0.4) is 0 Å². The van der Waals surface area contributed by atoms with Crippen molar-refractivity contribution in [3.8, 4) is 11.6 Å². The van der Waals surface area contributed by atoms with Crippen molar-refractivity contribution in [3.05, 3.63) is 26.1 Å². The predicted molar refractivity (Wildman–Crippen MR) is 75.3 cm³/mol. The minimum absolute atomic E-state index is 0.385. The van der Waals surface area contributed by atoms with Gasteiger partial charge in [0.25, 0.3) is 0 Å². The fourth-order valence-corrected chi connectivity index (χ4v) is 2.08. The summed E-state index contributed by atoms with van der Waals surface area (Å²) in [6.07, 6.45) is 1.56. The Labute approximate surface area is 120 Å². The van der Waals surface area contributed by atoms with Gasteiger partial charge >= 0.3 is 0 Å². The van der Waals surface area contributed by atoms with E-state index in [-0.39, 0.29) is 0 Å². The highest BCUT2D eigenvalue weighted by atomic mass is 127. The number of aromatic nitrogens is 2. The third-order valence-electron chi connectivity index (χ3n) is 2.05. The van der Waals surface area contributed by atoms with E-state index in [4.69, 9.17) is 14.9 Å². The van der Waals surface area contributed by atoms with Crippen molar-refractivity contribution in [2.45, 2.75) is 6.61 Å². The number of furan rings is 1. The Kier molecular flexibility index (Phi) is 4.00. The number of rotatable bonds is 3. The zero-order chi connectivity index (χ0) is 12.4. The topological polar surface area (TPSA) is 74.2 Å². The number of anilines is 1. The van der Waals surface area contributed by atoms with E-state index in [0.29, 0.717) is 24.0 Å². The first-order chi connectivity index (χ1) is 8.13. The van der Waals surface area contributed by atoms with E-state index in [1.54, 1.807) is 19.4 Å². The Balaban J connectivity index is 2.53. The third-order valence-corrected chi connectivity index (χ3v) is 3.85. The molecule has 0 aliphatic carbocycles. The van der Waals surface area contributed by atoms with Crippen LogP contribution in [0.1, 0.15) is 5.69 Å². The van der Waals surface area contributed by atoms with E-state index in [9.17, 15) is 0 Å². The van der Waals surface area contributed by atoms with Crippen LogP contribution < -0.4 is 5.73 Å². The summed E-state index contributed by atoms with van der Waals surface area (Å²) < 4.78 is 12.0. The SMILES string of the molecule is COCc1nc(-c2occc2Br)nc(N)c1I. The summed E-state index contributed by atoms with van der Waals surface area (Å²) in [5.41, 5.74) is 6.59. The van der Waals surface area contributed by atoms with Crippen molar-refractivity contribution < 1.29 is 9.15 Å². The van der Waals surface area contributed by atoms with Crippen molar-refractivity contribution in [2.24, 2.45) is 0 Å². The van der Waals surface area contributed by atoms with Gasteiger partial charge < -0.3 is 14.9 Å². The van der Waals surface area contributed by atoms with Gasteiger partial charge in [0.15, 0.2) is 11.6 Å². The fraction of sp³-hybridized carbons (Fsp3) is 0.200. The number of nitrogen functional groups attached to an aromatic ring is 1. The van der Waals surface area contributed by atoms with Crippen molar-refractivity contribution in [2.75, 3.05) is 12.8 Å². The van der Waals surface area contributed by atoms with Crippen molar-refractivity contribution >= 4 is 44.3 Å². The first kappa shape index (κ1) is 12.8. The number of hydrogen-bond acceptors (Lipinski definition) is 5. The van der Waals surface area contributed by atoms with Crippen LogP contribution in [0.2, 0.25) is 0 Å². The van der Waals surface area contributed by atoms with Gasteiger partial charge in [-0.15, -0.1) is 0 Å². The number of methoxy groups -OCH3 is 1. The van der Waals surface area contributed by atoms with E-state index >= 15 is 0 Å². The van der Waals surface area contributed by atoms with Gasteiger partial charge in [-0.3, -0.25) is 0 Å². The lowest BCUT2D eigenvalue weighted by Crippen LogP contribution is -2.05. The lowest BCUT2D eigenvalue weighted by molar-refractivity contribution is 0.181. The molecule has 0 radical (unpaired) electrons. The van der Waals surface area contributed by atoms with Gasteiger partial charge in [0, 0.05) is 7.11 Å². The quantitative estimate of drug-likeness (QED) is 0.789. The molecule has 0 aliphatic rings. The molecule has 0 spiro atoms. The molecule has 5 nitrogen and oxygen atoms in total. The fourth-order valence-electron chi connectivity index (χ4n) is 1.30. The van der Waals surface area contributed by atoms with Gasteiger partial charge in [-0.25, -0.2) is 9.97 Å². The van der Waals surface area contributed by atoms with Gasteiger partial charge in [-0.05, 0) is 44.6 Å². The number of hydrogen-bond donors (Lipinski definition) is 1. The van der Waals surface area contributed by atoms with E-state index in [0.717, 1.165) is 13.7 Å². The minimum atomic E-state index is 0.385. The monoisotopic (exact) mass is 409 g/mol. The molecule has 17 heavy (non-hydrogen) atoms. The Bertz CT molecular complexity index is 544. The first-order valence-electron chi connectivity index (χ1n) is 4.67. The summed E-state index contributed by atoms with van der Waals surface area (Å²) >= 11 is 5.46. The van der Waals surface area contributed by atoms with Crippen LogP contribution in [0.25, 0.3) is 11.6 Å². The number of nitrogens with two attached hydrogens (primary N) is 1. The molecular formula is C10H9BrIN3O2. The normalized spacial score (nSPS) is 10.8. The van der Waals surface area contributed by atoms with Gasteiger partial charge in [0.2, 0.25) is 0 Å². The highest BCUT2D eigenvalue weighted by Crippen LogP contribution is 2.29. The summed E-state index contributed by atoms with van der Waals surface area (Å²) in [4.78, 5) is 8.58. The summed E-state index contributed by atoms with van der Waals surface area (Å²) in [6, 6.07) is 1.78. The van der Waals surface area contributed by atoms with Gasteiger partial charge in [0.1, 0.15) is 5.82 Å². The largest absolute Gasteiger partial charge is 0.460 e. The number of ether oxygens (including phenoxy) is 1. The molecule has 2 aromatic rings. The molecule has 2 rings (SSSR count). The Morgan fingerprint density at radius 3 is 2.88 bits per heavy atom. The number of nitrogens with zero attached hydrogens (tertiary/aromatic N) is 2. The highest BCUT2D eigenvalue weighted by Gasteiger charge is 2.15.